The molecule has 1 aliphatic carbocycles. The molecule has 5 rings (SSSR count). The van der Waals surface area contributed by atoms with E-state index in [4.69, 9.17) is 11.6 Å². The molecule has 3 heterocycles. The van der Waals surface area contributed by atoms with Crippen LogP contribution in [0.25, 0.3) is 5.65 Å². The van der Waals surface area contributed by atoms with Gasteiger partial charge >= 0.3 is 0 Å². The minimum absolute atomic E-state index is 0.00833. The molecule has 164 valence electrons. The second-order valence-corrected chi connectivity index (χ2v) is 7.84. The van der Waals surface area contributed by atoms with Crippen LogP contribution >= 0.6 is 11.6 Å². The summed E-state index contributed by atoms with van der Waals surface area (Å²) in [7, 11) is 0. The van der Waals surface area contributed by atoms with Gasteiger partial charge in [0, 0.05) is 22.7 Å². The topological polar surface area (TPSA) is 90.0 Å². The number of fused-ring (bicyclic) bond motifs is 1. The minimum atomic E-state index is -2.76. The van der Waals surface area contributed by atoms with Gasteiger partial charge in [-0.15, -0.1) is 5.10 Å². The maximum Gasteiger partial charge on any atom is 0.280 e. The summed E-state index contributed by atoms with van der Waals surface area (Å²) >= 11 is 6.02. The van der Waals surface area contributed by atoms with Crippen molar-refractivity contribution in [2.75, 3.05) is 5.32 Å². The van der Waals surface area contributed by atoms with Crippen LogP contribution in [0.1, 0.15) is 52.6 Å². The number of hydrogen-bond acceptors (Lipinski definition) is 5. The number of hydrogen-bond donors (Lipinski definition) is 1. The Morgan fingerprint density at radius 2 is 2.03 bits per heavy atom. The summed E-state index contributed by atoms with van der Waals surface area (Å²) in [5.41, 5.74) is 0.979. The van der Waals surface area contributed by atoms with Crippen LogP contribution in [-0.2, 0) is 6.54 Å². The van der Waals surface area contributed by atoms with Crippen LogP contribution in [0.3, 0.4) is 0 Å². The lowest BCUT2D eigenvalue weighted by Gasteiger charge is -2.06. The second-order valence-electron chi connectivity index (χ2n) is 7.44. The van der Waals surface area contributed by atoms with E-state index in [1.807, 2.05) is 0 Å². The Bertz CT molecular complexity index is 1330. The van der Waals surface area contributed by atoms with Gasteiger partial charge in [-0.05, 0) is 36.6 Å². The van der Waals surface area contributed by atoms with Gasteiger partial charge in [0.2, 0.25) is 5.95 Å². The summed E-state index contributed by atoms with van der Waals surface area (Å²) in [6.07, 6.45) is 0.428. The maximum absolute atomic E-state index is 13.5. The summed E-state index contributed by atoms with van der Waals surface area (Å²) < 4.78 is 42.6. The second kappa shape index (κ2) is 7.90. The Balaban J connectivity index is 1.35. The van der Waals surface area contributed by atoms with Crippen molar-refractivity contribution in [2.45, 2.75) is 31.7 Å². The van der Waals surface area contributed by atoms with Crippen molar-refractivity contribution in [1.29, 1.82) is 0 Å². The third kappa shape index (κ3) is 4.03. The molecular weight excluding hydrogens is 447 g/mol. The molecule has 0 radical (unpaired) electrons. The molecule has 32 heavy (non-hydrogen) atoms. The molecule has 3 aromatic heterocycles. The lowest BCUT2D eigenvalue weighted by molar-refractivity contribution is 0.102. The van der Waals surface area contributed by atoms with Crippen LogP contribution in [-0.4, -0.2) is 35.3 Å². The first-order chi connectivity index (χ1) is 15.4. The number of halogens is 4. The fourth-order valence-corrected chi connectivity index (χ4v) is 3.52. The van der Waals surface area contributed by atoms with Crippen LogP contribution in [0.15, 0.2) is 36.7 Å². The highest BCUT2D eigenvalue weighted by molar-refractivity contribution is 6.31. The van der Waals surface area contributed by atoms with Crippen molar-refractivity contribution < 1.29 is 18.0 Å². The van der Waals surface area contributed by atoms with E-state index in [0.717, 1.165) is 17.4 Å². The third-order valence-corrected chi connectivity index (χ3v) is 5.39. The number of benzene rings is 1. The van der Waals surface area contributed by atoms with E-state index in [0.29, 0.717) is 11.3 Å². The smallest absolute Gasteiger partial charge is 0.280 e. The first-order valence-electron chi connectivity index (χ1n) is 9.71. The van der Waals surface area contributed by atoms with Gasteiger partial charge in [-0.25, -0.2) is 32.3 Å². The first-order valence-corrected chi connectivity index (χ1v) is 10.1. The van der Waals surface area contributed by atoms with Crippen LogP contribution < -0.4 is 5.32 Å². The predicted octanol–water partition coefficient (Wildman–Crippen LogP) is 4.23. The van der Waals surface area contributed by atoms with Crippen LogP contribution in [0.4, 0.5) is 19.1 Å². The van der Waals surface area contributed by atoms with Crippen molar-refractivity contribution in [3.05, 3.63) is 70.1 Å². The quantitative estimate of drug-likeness (QED) is 0.464. The van der Waals surface area contributed by atoms with Crippen molar-refractivity contribution in [1.82, 2.24) is 29.4 Å². The third-order valence-electron chi connectivity index (χ3n) is 5.04. The number of carbonyl (C=O) groups is 1. The monoisotopic (exact) mass is 461 g/mol. The van der Waals surface area contributed by atoms with Gasteiger partial charge in [0.05, 0.1) is 6.54 Å². The number of amides is 1. The highest BCUT2D eigenvalue weighted by atomic mass is 35.5. The van der Waals surface area contributed by atoms with E-state index in [-0.39, 0.29) is 40.5 Å². The number of carbonyl (C=O) groups excluding carboxylic acids is 1. The van der Waals surface area contributed by atoms with Gasteiger partial charge < -0.3 is 0 Å². The molecule has 0 bridgehead atoms. The summed E-state index contributed by atoms with van der Waals surface area (Å²) in [5.74, 6) is -0.953. The number of nitrogens with one attached hydrogen (secondary N) is 1. The van der Waals surface area contributed by atoms with E-state index in [1.165, 1.54) is 41.3 Å². The van der Waals surface area contributed by atoms with Gasteiger partial charge in [0.15, 0.2) is 11.3 Å². The van der Waals surface area contributed by atoms with E-state index in [2.05, 4.69) is 25.5 Å². The van der Waals surface area contributed by atoms with Crippen LogP contribution in [0.2, 0.25) is 5.02 Å². The average molecular weight is 462 g/mol. The predicted molar refractivity (Wildman–Crippen MR) is 108 cm³/mol. The molecule has 0 saturated heterocycles. The zero-order valence-corrected chi connectivity index (χ0v) is 17.1. The SMILES string of the molecule is O=C(Nc1ncn(Cc2ccc(F)cc2Cl)n1)c1cc2nc(C3CC3)cc(C(F)F)n2n1. The molecule has 1 fully saturated rings. The van der Waals surface area contributed by atoms with E-state index < -0.39 is 18.1 Å². The molecule has 0 atom stereocenters. The summed E-state index contributed by atoms with van der Waals surface area (Å²) in [6.45, 7) is 0.210. The fourth-order valence-electron chi connectivity index (χ4n) is 3.29. The fraction of sp³-hybridized carbons (Fsp3) is 0.250. The molecular formula is C20H15ClF3N7O. The minimum Gasteiger partial charge on any atom is -0.288 e. The maximum atomic E-state index is 13.5. The zero-order chi connectivity index (χ0) is 22.4. The Morgan fingerprint density at radius 3 is 2.75 bits per heavy atom. The van der Waals surface area contributed by atoms with Gasteiger partial charge in [-0.1, -0.05) is 17.7 Å². The molecule has 0 unspecified atom stereocenters. The van der Waals surface area contributed by atoms with Crippen LogP contribution in [0, 0.1) is 5.82 Å². The van der Waals surface area contributed by atoms with Crippen molar-refractivity contribution in [3.63, 3.8) is 0 Å². The number of rotatable bonds is 6. The number of anilines is 1. The van der Waals surface area contributed by atoms with Crippen molar-refractivity contribution in [3.8, 4) is 0 Å². The molecule has 4 aromatic rings. The molecule has 0 spiro atoms. The molecule has 0 aliphatic heterocycles. The summed E-state index contributed by atoms with van der Waals surface area (Å²) in [4.78, 5) is 21.0. The molecule has 1 N–H and O–H groups in total. The normalized spacial score (nSPS) is 13.8. The van der Waals surface area contributed by atoms with Crippen molar-refractivity contribution in [2.24, 2.45) is 0 Å². The molecule has 1 aromatic carbocycles. The highest BCUT2D eigenvalue weighted by Gasteiger charge is 2.28. The molecule has 8 nitrogen and oxygen atoms in total. The number of alkyl halides is 2. The average Bonchev–Trinajstić information content (AvgIpc) is 3.36. The molecule has 12 heteroatoms. The number of nitrogens with zero attached hydrogens (tertiary/aromatic N) is 6. The lowest BCUT2D eigenvalue weighted by atomic mass is 10.2. The first kappa shape index (κ1) is 20.4. The van der Waals surface area contributed by atoms with Crippen molar-refractivity contribution >= 4 is 29.1 Å². The standard InChI is InChI=1S/C20H15ClF3N7O/c21-13-5-12(22)4-3-11(13)8-30-9-25-20(29-30)27-19(32)15-7-17-26-14(10-1-2-10)6-16(18(23)24)31(17)28-15/h3-7,9-10,18H,1-2,8H2,(H,27,29,32). The number of aromatic nitrogens is 6. The largest absolute Gasteiger partial charge is 0.288 e. The highest BCUT2D eigenvalue weighted by Crippen LogP contribution is 2.40. The van der Waals surface area contributed by atoms with Gasteiger partial charge in [0.1, 0.15) is 17.8 Å². The zero-order valence-electron chi connectivity index (χ0n) is 16.3. The Morgan fingerprint density at radius 1 is 1.22 bits per heavy atom. The molecule has 1 aliphatic rings. The van der Waals surface area contributed by atoms with Gasteiger partial charge in [-0.2, -0.15) is 5.10 Å². The summed E-state index contributed by atoms with van der Waals surface area (Å²) in [5, 5.41) is 10.8. The van der Waals surface area contributed by atoms with Gasteiger partial charge in [0.25, 0.3) is 12.3 Å². The molecule has 1 amide bonds. The Kier molecular flexibility index (Phi) is 5.04. The lowest BCUT2D eigenvalue weighted by Crippen LogP contribution is -2.14. The van der Waals surface area contributed by atoms with Gasteiger partial charge in [-0.3, -0.25) is 10.1 Å². The van der Waals surface area contributed by atoms with E-state index in [1.54, 1.807) is 0 Å². The van der Waals surface area contributed by atoms with E-state index >= 15 is 0 Å². The summed E-state index contributed by atoms with van der Waals surface area (Å²) in [6, 6.07) is 6.69. The Labute approximate surface area is 184 Å². The van der Waals surface area contributed by atoms with Crippen LogP contribution in [0.5, 0.6) is 0 Å². The Hall–Kier alpha value is -3.47. The van der Waals surface area contributed by atoms with E-state index in [9.17, 15) is 18.0 Å². The molecule has 1 saturated carbocycles.